The Morgan fingerprint density at radius 2 is 1.90 bits per heavy atom. The molecule has 0 saturated heterocycles. The molecule has 0 atom stereocenters. The largest absolute Gasteiger partial charge is 0.465 e. The van der Waals surface area contributed by atoms with Crippen LogP contribution in [0.25, 0.3) is 11.2 Å². The molecule has 0 radical (unpaired) electrons. The predicted molar refractivity (Wildman–Crippen MR) is 111 cm³/mol. The fraction of sp³-hybridized carbons (Fsp3) is 0.421. The molecule has 2 heterocycles. The van der Waals surface area contributed by atoms with Crippen LogP contribution in [0.3, 0.4) is 0 Å². The first-order valence-electron chi connectivity index (χ1n) is 9.34. The molecule has 0 unspecified atom stereocenters. The number of nitrogens with zero attached hydrogens (tertiary/aromatic N) is 5. The number of hydrogen-bond acceptors (Lipinski definition) is 6. The van der Waals surface area contributed by atoms with Gasteiger partial charge in [-0.05, 0) is 30.5 Å². The molecule has 0 amide bonds. The zero-order valence-corrected chi connectivity index (χ0v) is 17.1. The van der Waals surface area contributed by atoms with Gasteiger partial charge >= 0.3 is 5.69 Å². The summed E-state index contributed by atoms with van der Waals surface area (Å²) in [7, 11) is 1.56. The average molecular weight is 420 g/mol. The predicted octanol–water partition coefficient (Wildman–Crippen LogP) is 2.54. The number of benzene rings is 1. The van der Waals surface area contributed by atoms with Crippen molar-refractivity contribution in [2.24, 2.45) is 12.2 Å². The number of fused-ring (bicyclic) bond motifs is 1. The number of aryl methyl sites for hydroxylation is 1. The first-order valence-corrected chi connectivity index (χ1v) is 9.72. The van der Waals surface area contributed by atoms with E-state index in [9.17, 15) is 14.5 Å². The maximum atomic E-state index is 13.2. The third-order valence-electron chi connectivity index (χ3n) is 4.52. The minimum Gasteiger partial charge on any atom is -0.465 e. The van der Waals surface area contributed by atoms with Gasteiger partial charge in [-0.25, -0.2) is 4.79 Å². The topological polar surface area (TPSA) is 100 Å². The standard InChI is InChI=1S/C19H22ClN5O4/c1-3-11-29-18-22-16-15(25(18)12-13-5-7-14(20)8-6-13)17(26)24(10-4-9-21-28)19(27)23(16)2/h5-8H,3-4,9-12H2,1-2H3. The molecule has 0 saturated carbocycles. The van der Waals surface area contributed by atoms with Crippen LogP contribution >= 0.6 is 11.6 Å². The molecule has 0 fully saturated rings. The Kier molecular flexibility index (Phi) is 6.48. The minimum absolute atomic E-state index is 0.0303. The minimum atomic E-state index is -0.494. The molecule has 2 aromatic heterocycles. The fourth-order valence-electron chi connectivity index (χ4n) is 3.06. The van der Waals surface area contributed by atoms with E-state index in [1.54, 1.807) is 23.7 Å². The van der Waals surface area contributed by atoms with E-state index in [1.165, 1.54) is 4.57 Å². The summed E-state index contributed by atoms with van der Waals surface area (Å²) in [4.78, 5) is 40.6. The summed E-state index contributed by atoms with van der Waals surface area (Å²) in [5, 5.41) is 3.40. The van der Waals surface area contributed by atoms with E-state index in [-0.39, 0.29) is 30.3 Å². The molecule has 154 valence electrons. The maximum absolute atomic E-state index is 13.2. The van der Waals surface area contributed by atoms with Crippen molar-refractivity contribution in [3.63, 3.8) is 0 Å². The Morgan fingerprint density at radius 3 is 2.55 bits per heavy atom. The normalized spacial score (nSPS) is 11.1. The van der Waals surface area contributed by atoms with Gasteiger partial charge in [-0.3, -0.25) is 18.5 Å². The van der Waals surface area contributed by atoms with E-state index in [1.807, 2.05) is 19.1 Å². The Balaban J connectivity index is 2.19. The van der Waals surface area contributed by atoms with Crippen LogP contribution in [0.1, 0.15) is 25.3 Å². The molecule has 3 rings (SSSR count). The van der Waals surface area contributed by atoms with Gasteiger partial charge in [-0.2, -0.15) is 9.89 Å². The second-order valence-corrected chi connectivity index (χ2v) is 7.07. The molecule has 0 aliphatic heterocycles. The van der Waals surface area contributed by atoms with Crippen LogP contribution in [-0.4, -0.2) is 31.8 Å². The van der Waals surface area contributed by atoms with E-state index in [0.29, 0.717) is 24.6 Å². The lowest BCUT2D eigenvalue weighted by Crippen LogP contribution is -2.39. The fourth-order valence-corrected chi connectivity index (χ4v) is 3.19. The van der Waals surface area contributed by atoms with Crippen LogP contribution in [0.2, 0.25) is 5.02 Å². The molecule has 10 heteroatoms. The van der Waals surface area contributed by atoms with Gasteiger partial charge in [0.05, 0.1) is 19.7 Å². The average Bonchev–Trinajstić information content (AvgIpc) is 3.07. The van der Waals surface area contributed by atoms with E-state index in [2.05, 4.69) is 10.2 Å². The van der Waals surface area contributed by atoms with E-state index in [0.717, 1.165) is 16.6 Å². The molecular weight excluding hydrogens is 398 g/mol. The highest BCUT2D eigenvalue weighted by Gasteiger charge is 2.21. The Labute approximate surface area is 171 Å². The summed E-state index contributed by atoms with van der Waals surface area (Å²) in [5.74, 6) is 0. The first-order chi connectivity index (χ1) is 14.0. The third-order valence-corrected chi connectivity index (χ3v) is 4.77. The van der Waals surface area contributed by atoms with Crippen molar-refractivity contribution < 1.29 is 4.74 Å². The monoisotopic (exact) mass is 419 g/mol. The van der Waals surface area contributed by atoms with Crippen LogP contribution < -0.4 is 16.0 Å². The quantitative estimate of drug-likeness (QED) is 0.392. The van der Waals surface area contributed by atoms with Gasteiger partial charge in [-0.15, -0.1) is 0 Å². The van der Waals surface area contributed by atoms with Crippen LogP contribution in [0.4, 0.5) is 0 Å². The van der Waals surface area contributed by atoms with Gasteiger partial charge < -0.3 is 4.74 Å². The van der Waals surface area contributed by atoms with E-state index in [4.69, 9.17) is 16.3 Å². The molecule has 0 spiro atoms. The number of aromatic nitrogens is 4. The highest BCUT2D eigenvalue weighted by Crippen LogP contribution is 2.21. The van der Waals surface area contributed by atoms with Crippen molar-refractivity contribution in [3.05, 3.63) is 60.6 Å². The van der Waals surface area contributed by atoms with Gasteiger partial charge in [-0.1, -0.05) is 35.8 Å². The van der Waals surface area contributed by atoms with Gasteiger partial charge in [0.1, 0.15) is 0 Å². The second-order valence-electron chi connectivity index (χ2n) is 6.63. The van der Waals surface area contributed by atoms with Crippen molar-refractivity contribution >= 4 is 22.8 Å². The van der Waals surface area contributed by atoms with Crippen LogP contribution in [0, 0.1) is 4.91 Å². The van der Waals surface area contributed by atoms with E-state index < -0.39 is 11.2 Å². The second kappa shape index (κ2) is 9.04. The highest BCUT2D eigenvalue weighted by atomic mass is 35.5. The van der Waals surface area contributed by atoms with Crippen molar-refractivity contribution in [1.82, 2.24) is 18.7 Å². The Morgan fingerprint density at radius 1 is 1.17 bits per heavy atom. The molecule has 0 bridgehead atoms. The molecule has 0 N–H and O–H groups in total. The molecule has 9 nitrogen and oxygen atoms in total. The van der Waals surface area contributed by atoms with E-state index >= 15 is 0 Å². The van der Waals surface area contributed by atoms with Crippen molar-refractivity contribution in [2.45, 2.75) is 32.9 Å². The Hall–Kier alpha value is -2.94. The lowest BCUT2D eigenvalue weighted by Gasteiger charge is -2.11. The zero-order chi connectivity index (χ0) is 21.0. The smallest absolute Gasteiger partial charge is 0.332 e. The zero-order valence-electron chi connectivity index (χ0n) is 16.3. The van der Waals surface area contributed by atoms with Gasteiger partial charge in [0, 0.05) is 18.6 Å². The summed E-state index contributed by atoms with van der Waals surface area (Å²) < 4.78 is 9.86. The summed E-state index contributed by atoms with van der Waals surface area (Å²) in [5.41, 5.74) is 0.463. The molecule has 3 aromatic rings. The number of nitroso groups, excluding NO2 is 1. The third kappa shape index (κ3) is 4.24. The van der Waals surface area contributed by atoms with Gasteiger partial charge in [0.15, 0.2) is 11.2 Å². The molecule has 29 heavy (non-hydrogen) atoms. The maximum Gasteiger partial charge on any atom is 0.332 e. The van der Waals surface area contributed by atoms with Crippen molar-refractivity contribution in [2.75, 3.05) is 13.2 Å². The lowest BCUT2D eigenvalue weighted by molar-refractivity contribution is 0.282. The SMILES string of the molecule is CCCOc1nc2c(c(=O)n(CCCN=O)c(=O)n2C)n1Cc1ccc(Cl)cc1. The molecule has 0 aliphatic rings. The van der Waals surface area contributed by atoms with Crippen LogP contribution in [0.5, 0.6) is 6.01 Å². The Bertz CT molecular complexity index is 1130. The van der Waals surface area contributed by atoms with Crippen LogP contribution in [0.15, 0.2) is 39.0 Å². The molecular formula is C19H22ClN5O4. The lowest BCUT2D eigenvalue weighted by atomic mass is 10.2. The summed E-state index contributed by atoms with van der Waals surface area (Å²) in [6.07, 6.45) is 1.07. The molecule has 1 aromatic carbocycles. The van der Waals surface area contributed by atoms with Crippen molar-refractivity contribution in [3.8, 4) is 6.01 Å². The van der Waals surface area contributed by atoms with Gasteiger partial charge in [0.2, 0.25) is 0 Å². The number of hydrogen-bond donors (Lipinski definition) is 0. The van der Waals surface area contributed by atoms with Crippen LogP contribution in [-0.2, 0) is 20.1 Å². The van der Waals surface area contributed by atoms with Crippen molar-refractivity contribution in [1.29, 1.82) is 0 Å². The number of ether oxygens (including phenoxy) is 1. The summed E-state index contributed by atoms with van der Waals surface area (Å²) in [6, 6.07) is 7.52. The number of halogens is 1. The highest BCUT2D eigenvalue weighted by molar-refractivity contribution is 6.30. The number of rotatable bonds is 9. The number of imidazole rings is 1. The van der Waals surface area contributed by atoms with Gasteiger partial charge in [0.25, 0.3) is 11.6 Å². The first kappa shape index (κ1) is 20.8. The summed E-state index contributed by atoms with van der Waals surface area (Å²) in [6.45, 7) is 2.86. The summed E-state index contributed by atoms with van der Waals surface area (Å²) >= 11 is 5.97. The molecule has 0 aliphatic carbocycles.